The van der Waals surface area contributed by atoms with Crippen molar-refractivity contribution in [2.45, 2.75) is 44.9 Å². The van der Waals surface area contributed by atoms with Gasteiger partial charge in [-0.2, -0.15) is 0 Å². The lowest BCUT2D eigenvalue weighted by Gasteiger charge is -2.06. The smallest absolute Gasteiger partial charge is 0.226 e. The van der Waals surface area contributed by atoms with E-state index in [-0.39, 0.29) is 0 Å². The van der Waals surface area contributed by atoms with Crippen molar-refractivity contribution in [1.29, 1.82) is 0 Å². The van der Waals surface area contributed by atoms with E-state index in [1.165, 1.54) is 20.7 Å². The largest absolute Gasteiger partial charge is 0.441 e. The molecule has 5 rings (SSSR count). The summed E-state index contributed by atoms with van der Waals surface area (Å²) in [4.78, 5) is 6.06. The van der Waals surface area contributed by atoms with Gasteiger partial charge in [-0.15, -0.1) is 21.5 Å². The van der Waals surface area contributed by atoms with E-state index in [0.29, 0.717) is 11.6 Å². The Morgan fingerprint density at radius 1 is 1.07 bits per heavy atom. The van der Waals surface area contributed by atoms with Crippen molar-refractivity contribution < 1.29 is 4.42 Å². The number of benzene rings is 1. The van der Waals surface area contributed by atoms with Crippen LogP contribution in [0, 0.1) is 20.8 Å². The lowest BCUT2D eigenvalue weighted by Crippen LogP contribution is -2.03. The van der Waals surface area contributed by atoms with E-state index in [1.807, 2.05) is 30.4 Å². The van der Waals surface area contributed by atoms with E-state index in [1.54, 1.807) is 11.8 Å². The van der Waals surface area contributed by atoms with Crippen molar-refractivity contribution in [1.82, 2.24) is 19.6 Å². The number of hydrogen-bond acceptors (Lipinski definition) is 6. The Balaban J connectivity index is 1.48. The van der Waals surface area contributed by atoms with Crippen LogP contribution in [-0.4, -0.2) is 19.6 Å². The first-order valence-corrected chi connectivity index (χ1v) is 11.8. The molecular weight excluding hydrogens is 412 g/mol. The van der Waals surface area contributed by atoms with Gasteiger partial charge in [-0.25, -0.2) is 4.98 Å². The molecule has 1 aromatic carbocycles. The van der Waals surface area contributed by atoms with Gasteiger partial charge in [0.25, 0.3) is 0 Å². The van der Waals surface area contributed by atoms with Gasteiger partial charge < -0.3 is 4.42 Å². The molecule has 0 saturated carbocycles. The third kappa shape index (κ3) is 3.32. The van der Waals surface area contributed by atoms with Crippen molar-refractivity contribution in [3.05, 3.63) is 64.1 Å². The predicted molar refractivity (Wildman–Crippen MR) is 123 cm³/mol. The molecule has 0 unspecified atom stereocenters. The zero-order valence-electron chi connectivity index (χ0n) is 17.4. The summed E-state index contributed by atoms with van der Waals surface area (Å²) in [5.41, 5.74) is 5.48. The van der Waals surface area contributed by atoms with Crippen LogP contribution in [0.5, 0.6) is 0 Å². The Bertz CT molecular complexity index is 1380. The molecule has 5 nitrogen and oxygen atoms in total. The Labute approximate surface area is 183 Å². The highest BCUT2D eigenvalue weighted by Crippen LogP contribution is 2.34. The van der Waals surface area contributed by atoms with Crippen LogP contribution in [0.2, 0.25) is 0 Å². The number of aryl methyl sites for hydroxylation is 4. The van der Waals surface area contributed by atoms with Gasteiger partial charge in [-0.3, -0.25) is 4.40 Å². The van der Waals surface area contributed by atoms with E-state index in [9.17, 15) is 0 Å². The van der Waals surface area contributed by atoms with Gasteiger partial charge in [0.2, 0.25) is 5.89 Å². The molecule has 0 aliphatic rings. The summed E-state index contributed by atoms with van der Waals surface area (Å²) in [7, 11) is 0. The maximum absolute atomic E-state index is 5.95. The second kappa shape index (κ2) is 7.56. The highest BCUT2D eigenvalue weighted by Gasteiger charge is 2.17. The number of hydrogen-bond donors (Lipinski definition) is 0. The topological polar surface area (TPSA) is 56.2 Å². The van der Waals surface area contributed by atoms with Gasteiger partial charge >= 0.3 is 0 Å². The Hall–Kier alpha value is -2.64. The number of fused-ring (bicyclic) bond motifs is 3. The molecule has 0 amide bonds. The number of thiophene rings is 1. The van der Waals surface area contributed by atoms with Crippen LogP contribution >= 0.6 is 23.1 Å². The Kier molecular flexibility index (Phi) is 4.87. The van der Waals surface area contributed by atoms with E-state index < -0.39 is 0 Å². The quantitative estimate of drug-likeness (QED) is 0.300. The molecular formula is C23H22N4OS2. The van der Waals surface area contributed by atoms with Crippen LogP contribution < -0.4 is 0 Å². The van der Waals surface area contributed by atoms with Gasteiger partial charge in [0.1, 0.15) is 16.6 Å². The van der Waals surface area contributed by atoms with Crippen LogP contribution in [-0.2, 0) is 12.2 Å². The zero-order valence-corrected chi connectivity index (χ0v) is 19.0. The van der Waals surface area contributed by atoms with E-state index in [2.05, 4.69) is 59.6 Å². The summed E-state index contributed by atoms with van der Waals surface area (Å²) in [5, 5.41) is 9.97. The molecule has 7 heteroatoms. The van der Waals surface area contributed by atoms with Crippen molar-refractivity contribution in [3.8, 4) is 11.5 Å². The molecule has 0 atom stereocenters. The molecule has 0 N–H and O–H groups in total. The first-order valence-electron chi connectivity index (χ1n) is 9.96. The summed E-state index contributed by atoms with van der Waals surface area (Å²) < 4.78 is 9.48. The van der Waals surface area contributed by atoms with E-state index in [0.717, 1.165) is 39.8 Å². The minimum absolute atomic E-state index is 0.669. The van der Waals surface area contributed by atoms with E-state index in [4.69, 9.17) is 9.40 Å². The normalized spacial score (nSPS) is 11.7. The number of aromatic nitrogens is 4. The average Bonchev–Trinajstić information content (AvgIpc) is 3.38. The van der Waals surface area contributed by atoms with Gasteiger partial charge in [-0.05, 0) is 45.0 Å². The maximum Gasteiger partial charge on any atom is 0.226 e. The number of thioether (sulfide) groups is 1. The van der Waals surface area contributed by atoms with Crippen LogP contribution in [0.15, 0.2) is 45.8 Å². The van der Waals surface area contributed by atoms with Crippen molar-refractivity contribution in [3.63, 3.8) is 0 Å². The molecule has 0 aliphatic heterocycles. The summed E-state index contributed by atoms with van der Waals surface area (Å²) in [6, 6.07) is 12.7. The first-order chi connectivity index (χ1) is 14.5. The lowest BCUT2D eigenvalue weighted by atomic mass is 10.1. The first kappa shape index (κ1) is 19.3. The fourth-order valence-electron chi connectivity index (χ4n) is 3.68. The average molecular weight is 435 g/mol. The van der Waals surface area contributed by atoms with Crippen molar-refractivity contribution in [2.24, 2.45) is 0 Å². The fraction of sp³-hybridized carbons (Fsp3) is 0.261. The monoisotopic (exact) mass is 434 g/mol. The molecule has 0 bridgehead atoms. The number of oxazole rings is 1. The predicted octanol–water partition coefficient (Wildman–Crippen LogP) is 6.38. The SMILES string of the molecule is CCc1nnc(SCc2nc(-c3cccc(C)c3)oc2C)c2cc3sc(C)cc3n12. The minimum atomic E-state index is 0.669. The summed E-state index contributed by atoms with van der Waals surface area (Å²) >= 11 is 3.47. The maximum atomic E-state index is 5.95. The van der Waals surface area contributed by atoms with Crippen LogP contribution in [0.4, 0.5) is 0 Å². The van der Waals surface area contributed by atoms with Crippen molar-refractivity contribution >= 4 is 38.8 Å². The molecule has 0 saturated heterocycles. The summed E-state index contributed by atoms with van der Waals surface area (Å²) in [5.74, 6) is 3.19. The number of rotatable bonds is 5. The van der Waals surface area contributed by atoms with Crippen LogP contribution in [0.3, 0.4) is 0 Å². The second-order valence-electron chi connectivity index (χ2n) is 7.43. The van der Waals surface area contributed by atoms with Crippen molar-refractivity contribution in [2.75, 3.05) is 0 Å². The fourth-order valence-corrected chi connectivity index (χ4v) is 5.56. The molecule has 0 fully saturated rings. The van der Waals surface area contributed by atoms with E-state index >= 15 is 0 Å². The molecule has 5 aromatic rings. The zero-order chi connectivity index (χ0) is 20.8. The van der Waals surface area contributed by atoms with Gasteiger partial charge in [-0.1, -0.05) is 36.4 Å². The standard InChI is InChI=1S/C23H22N4OS2/c1-5-21-25-26-23(19-11-20-18(27(19)21)10-14(3)30-20)29-12-17-15(4)28-22(24-17)16-8-6-7-13(2)9-16/h6-11H,5,12H2,1-4H3. The van der Waals surface area contributed by atoms with Gasteiger partial charge in [0.15, 0.2) is 0 Å². The molecule has 0 spiro atoms. The molecule has 4 heterocycles. The molecule has 4 aromatic heterocycles. The molecule has 0 radical (unpaired) electrons. The molecule has 30 heavy (non-hydrogen) atoms. The van der Waals surface area contributed by atoms with Gasteiger partial charge in [0.05, 0.1) is 21.4 Å². The highest BCUT2D eigenvalue weighted by atomic mass is 32.2. The second-order valence-corrected chi connectivity index (χ2v) is 9.68. The Morgan fingerprint density at radius 2 is 1.93 bits per heavy atom. The van der Waals surface area contributed by atoms with Crippen LogP contribution in [0.25, 0.3) is 27.2 Å². The van der Waals surface area contributed by atoms with Gasteiger partial charge in [0, 0.05) is 22.6 Å². The third-order valence-electron chi connectivity index (χ3n) is 5.17. The van der Waals surface area contributed by atoms with Crippen LogP contribution in [0.1, 0.15) is 34.6 Å². The summed E-state index contributed by atoms with van der Waals surface area (Å²) in [6.07, 6.45) is 0.843. The Morgan fingerprint density at radius 3 is 2.73 bits per heavy atom. The highest BCUT2D eigenvalue weighted by molar-refractivity contribution is 7.98. The molecule has 0 aliphatic carbocycles. The molecule has 152 valence electrons. The number of nitrogens with zero attached hydrogens (tertiary/aromatic N) is 4. The third-order valence-corrected chi connectivity index (χ3v) is 7.13. The summed E-state index contributed by atoms with van der Waals surface area (Å²) in [6.45, 7) is 8.31. The lowest BCUT2D eigenvalue weighted by molar-refractivity contribution is 0.540. The minimum Gasteiger partial charge on any atom is -0.441 e.